The van der Waals surface area contributed by atoms with Gasteiger partial charge in [-0.15, -0.1) is 10.1 Å². The van der Waals surface area contributed by atoms with E-state index in [9.17, 15) is 9.59 Å². The number of hydrogen-bond donors (Lipinski definition) is 0. The summed E-state index contributed by atoms with van der Waals surface area (Å²) in [6, 6.07) is 15.5. The summed E-state index contributed by atoms with van der Waals surface area (Å²) in [6.07, 6.45) is 3.34. The zero-order chi connectivity index (χ0) is 22.5. The van der Waals surface area contributed by atoms with Crippen LogP contribution >= 0.6 is 23.2 Å². The molecule has 0 N–H and O–H groups in total. The minimum absolute atomic E-state index is 0.308. The Morgan fingerprint density at radius 1 is 0.750 bits per heavy atom. The average molecular weight is 477 g/mol. The largest absolute Gasteiger partial charge is 0.438 e. The zero-order valence-corrected chi connectivity index (χ0v) is 19.2. The summed E-state index contributed by atoms with van der Waals surface area (Å²) in [5, 5.41) is 4.56. The van der Waals surface area contributed by atoms with Crippen LogP contribution in [0.25, 0.3) is 0 Å². The number of halogens is 2. The van der Waals surface area contributed by atoms with Crippen LogP contribution in [0.15, 0.2) is 48.5 Å². The van der Waals surface area contributed by atoms with E-state index in [-0.39, 0.29) is 0 Å². The molecule has 6 nitrogen and oxygen atoms in total. The maximum absolute atomic E-state index is 12.2. The summed E-state index contributed by atoms with van der Waals surface area (Å²) in [7, 11) is 0. The average Bonchev–Trinajstić information content (AvgIpc) is 3.40. The predicted octanol–water partition coefficient (Wildman–Crippen LogP) is 4.34. The van der Waals surface area contributed by atoms with Crippen LogP contribution in [0.1, 0.15) is 24.0 Å². The highest BCUT2D eigenvalue weighted by Gasteiger charge is 2.32. The van der Waals surface area contributed by atoms with Crippen molar-refractivity contribution in [1.29, 1.82) is 0 Å². The SMILES string of the molecule is O=C(ON1CCC(Cc2ccccc2Cl)C1)C(=O)ON1CCC(Cc2ccccc2Cl)C1. The Balaban J connectivity index is 1.20. The Hall–Kier alpha value is -2.12. The van der Waals surface area contributed by atoms with Crippen LogP contribution in [0, 0.1) is 11.8 Å². The molecule has 32 heavy (non-hydrogen) atoms. The zero-order valence-electron chi connectivity index (χ0n) is 17.7. The van der Waals surface area contributed by atoms with Crippen LogP contribution in [-0.4, -0.2) is 48.2 Å². The summed E-state index contributed by atoms with van der Waals surface area (Å²) in [4.78, 5) is 35.0. The molecular formula is C24H26Cl2N2O4. The first-order valence-electron chi connectivity index (χ1n) is 10.9. The molecule has 0 amide bonds. The summed E-state index contributed by atoms with van der Waals surface area (Å²) >= 11 is 12.5. The van der Waals surface area contributed by atoms with E-state index in [1.807, 2.05) is 48.5 Å². The fourth-order valence-electron chi connectivity index (χ4n) is 4.35. The van der Waals surface area contributed by atoms with Gasteiger partial charge in [-0.2, -0.15) is 0 Å². The van der Waals surface area contributed by atoms with E-state index in [1.54, 1.807) is 0 Å². The number of rotatable bonds is 6. The number of nitrogens with zero attached hydrogens (tertiary/aromatic N) is 2. The third-order valence-corrected chi connectivity index (χ3v) is 6.76. The second-order valence-corrected chi connectivity index (χ2v) is 9.25. The molecule has 2 unspecified atom stereocenters. The highest BCUT2D eigenvalue weighted by molar-refractivity contribution is 6.31. The highest BCUT2D eigenvalue weighted by Crippen LogP contribution is 2.26. The van der Waals surface area contributed by atoms with Crippen LogP contribution in [0.3, 0.4) is 0 Å². The maximum atomic E-state index is 12.2. The van der Waals surface area contributed by atoms with Gasteiger partial charge < -0.3 is 9.68 Å². The van der Waals surface area contributed by atoms with Gasteiger partial charge in [-0.3, -0.25) is 0 Å². The number of hydrogen-bond acceptors (Lipinski definition) is 6. The first kappa shape index (κ1) is 23.1. The van der Waals surface area contributed by atoms with Crippen LogP contribution < -0.4 is 0 Å². The van der Waals surface area contributed by atoms with Crippen molar-refractivity contribution in [3.8, 4) is 0 Å². The van der Waals surface area contributed by atoms with Crippen molar-refractivity contribution in [1.82, 2.24) is 10.1 Å². The van der Waals surface area contributed by atoms with Gasteiger partial charge in [0, 0.05) is 36.2 Å². The van der Waals surface area contributed by atoms with E-state index in [1.165, 1.54) is 10.1 Å². The minimum Gasteiger partial charge on any atom is -0.359 e. The lowest BCUT2D eigenvalue weighted by molar-refractivity contribution is -0.213. The lowest BCUT2D eigenvalue weighted by atomic mass is 9.99. The molecule has 0 bridgehead atoms. The molecule has 0 radical (unpaired) electrons. The molecule has 2 atom stereocenters. The van der Waals surface area contributed by atoms with Gasteiger partial charge in [0.05, 0.1) is 0 Å². The van der Waals surface area contributed by atoms with Gasteiger partial charge in [0.2, 0.25) is 0 Å². The number of hydroxylamine groups is 4. The van der Waals surface area contributed by atoms with E-state index in [0.717, 1.165) is 46.9 Å². The van der Waals surface area contributed by atoms with Gasteiger partial charge in [0.1, 0.15) is 0 Å². The van der Waals surface area contributed by atoms with E-state index in [2.05, 4.69) is 0 Å². The van der Waals surface area contributed by atoms with E-state index in [4.69, 9.17) is 32.9 Å². The fourth-order valence-corrected chi connectivity index (χ4v) is 4.78. The molecule has 2 saturated heterocycles. The second kappa shape index (κ2) is 10.7. The lowest BCUT2D eigenvalue weighted by Gasteiger charge is -2.18. The second-order valence-electron chi connectivity index (χ2n) is 8.43. The highest BCUT2D eigenvalue weighted by atomic mass is 35.5. The van der Waals surface area contributed by atoms with Gasteiger partial charge in [0.25, 0.3) is 0 Å². The van der Waals surface area contributed by atoms with Gasteiger partial charge in [-0.05, 0) is 60.8 Å². The van der Waals surface area contributed by atoms with Crippen molar-refractivity contribution in [2.75, 3.05) is 26.2 Å². The van der Waals surface area contributed by atoms with E-state index in [0.29, 0.717) is 38.0 Å². The van der Waals surface area contributed by atoms with Crippen molar-refractivity contribution >= 4 is 35.1 Å². The van der Waals surface area contributed by atoms with Crippen molar-refractivity contribution in [3.05, 3.63) is 69.7 Å². The number of benzene rings is 2. The van der Waals surface area contributed by atoms with Gasteiger partial charge in [-0.25, -0.2) is 9.59 Å². The Kier molecular flexibility index (Phi) is 7.68. The Labute approximate surface area is 197 Å². The molecule has 2 aromatic rings. The normalized spacial score (nSPS) is 21.6. The minimum atomic E-state index is -0.988. The summed E-state index contributed by atoms with van der Waals surface area (Å²) < 4.78 is 0. The summed E-state index contributed by atoms with van der Waals surface area (Å²) in [5.74, 6) is -1.36. The van der Waals surface area contributed by atoms with Gasteiger partial charge >= 0.3 is 11.9 Å². The van der Waals surface area contributed by atoms with E-state index < -0.39 is 11.9 Å². The number of carbonyl (C=O) groups excluding carboxylic acids is 2. The number of carbonyl (C=O) groups is 2. The monoisotopic (exact) mass is 476 g/mol. The third-order valence-electron chi connectivity index (χ3n) is 6.02. The quantitative estimate of drug-likeness (QED) is 0.577. The van der Waals surface area contributed by atoms with Crippen LogP contribution in [-0.2, 0) is 32.1 Å². The van der Waals surface area contributed by atoms with Crippen molar-refractivity contribution in [3.63, 3.8) is 0 Å². The van der Waals surface area contributed by atoms with Crippen LogP contribution in [0.2, 0.25) is 10.0 Å². The maximum Gasteiger partial charge on any atom is 0.438 e. The van der Waals surface area contributed by atoms with Gasteiger partial charge in [-0.1, -0.05) is 59.6 Å². The summed E-state index contributed by atoms with van der Waals surface area (Å²) in [6.45, 7) is 2.29. The lowest BCUT2D eigenvalue weighted by Crippen LogP contribution is -2.35. The summed E-state index contributed by atoms with van der Waals surface area (Å²) in [5.41, 5.74) is 2.15. The first-order chi connectivity index (χ1) is 15.5. The van der Waals surface area contributed by atoms with E-state index >= 15 is 0 Å². The standard InChI is InChI=1S/C24H26Cl2N2O4/c25-21-7-3-1-5-19(21)13-17-9-11-27(15-17)31-23(29)24(30)32-28-12-10-18(16-28)14-20-6-2-4-8-22(20)26/h1-8,17-18H,9-16H2. The molecule has 0 saturated carbocycles. The Morgan fingerprint density at radius 3 is 1.56 bits per heavy atom. The van der Waals surface area contributed by atoms with Crippen molar-refractivity contribution < 1.29 is 19.3 Å². The molecule has 0 aromatic heterocycles. The molecular weight excluding hydrogens is 451 g/mol. The molecule has 4 rings (SSSR count). The molecule has 8 heteroatoms. The molecule has 0 spiro atoms. The third kappa shape index (κ3) is 6.01. The van der Waals surface area contributed by atoms with Crippen LogP contribution in [0.5, 0.6) is 0 Å². The van der Waals surface area contributed by atoms with Crippen LogP contribution in [0.4, 0.5) is 0 Å². The van der Waals surface area contributed by atoms with Gasteiger partial charge in [0.15, 0.2) is 0 Å². The molecule has 2 aromatic carbocycles. The first-order valence-corrected chi connectivity index (χ1v) is 11.6. The fraction of sp³-hybridized carbons (Fsp3) is 0.417. The molecule has 2 fully saturated rings. The topological polar surface area (TPSA) is 59.1 Å². The molecule has 2 aliphatic heterocycles. The Morgan fingerprint density at radius 2 is 1.16 bits per heavy atom. The van der Waals surface area contributed by atoms with Crippen molar-refractivity contribution in [2.45, 2.75) is 25.7 Å². The van der Waals surface area contributed by atoms with Crippen molar-refractivity contribution in [2.24, 2.45) is 11.8 Å². The smallest absolute Gasteiger partial charge is 0.359 e. The molecule has 0 aliphatic carbocycles. The molecule has 2 heterocycles. The molecule has 2 aliphatic rings. The Bertz CT molecular complexity index is 893. The molecule has 170 valence electrons. The predicted molar refractivity (Wildman–Crippen MR) is 122 cm³/mol.